The van der Waals surface area contributed by atoms with E-state index < -0.39 is 0 Å². The van der Waals surface area contributed by atoms with Crippen molar-refractivity contribution in [2.45, 2.75) is 105 Å². The Morgan fingerprint density at radius 2 is 0.725 bits per heavy atom. The molecule has 0 saturated heterocycles. The van der Waals surface area contributed by atoms with Gasteiger partial charge in [-0.25, -0.2) is 9.97 Å². The van der Waals surface area contributed by atoms with Crippen LogP contribution in [0.15, 0.2) is 24.3 Å². The smallest absolute Gasteiger partial charge is 0.177 e. The molecule has 0 atom stereocenters. The normalized spacial score (nSPS) is 12.7. The molecule has 0 radical (unpaired) electrons. The highest BCUT2D eigenvalue weighted by Crippen LogP contribution is 2.45. The van der Waals surface area contributed by atoms with Gasteiger partial charge in [-0.1, -0.05) is 83.1 Å². The molecule has 0 amide bonds. The van der Waals surface area contributed by atoms with Gasteiger partial charge in [-0.2, -0.15) is 10.5 Å². The number of phenolic OH excluding ortho intramolecular Hbond substituents is 2. The highest BCUT2D eigenvalue weighted by molar-refractivity contribution is 5.82. The molecule has 3 rings (SSSR count). The lowest BCUT2D eigenvalue weighted by Crippen LogP contribution is -2.18. The van der Waals surface area contributed by atoms with Gasteiger partial charge in [0.25, 0.3) is 0 Å². The lowest BCUT2D eigenvalue weighted by molar-refractivity contribution is 0.422. The molecule has 6 heteroatoms. The van der Waals surface area contributed by atoms with Gasteiger partial charge in [0, 0.05) is 33.4 Å². The fourth-order valence-corrected chi connectivity index (χ4v) is 4.82. The average molecular weight is 539 g/mol. The third kappa shape index (κ3) is 5.82. The van der Waals surface area contributed by atoms with Gasteiger partial charge in [0.1, 0.15) is 23.6 Å². The molecule has 0 fully saturated rings. The minimum absolute atomic E-state index is 0.0604. The summed E-state index contributed by atoms with van der Waals surface area (Å²) in [7, 11) is 0. The number of benzene rings is 2. The fourth-order valence-electron chi connectivity index (χ4n) is 4.82. The van der Waals surface area contributed by atoms with Crippen molar-refractivity contribution in [2.24, 2.45) is 0 Å². The van der Waals surface area contributed by atoms with Crippen molar-refractivity contribution in [1.82, 2.24) is 9.97 Å². The maximum atomic E-state index is 11.3. The summed E-state index contributed by atoms with van der Waals surface area (Å²) in [6.45, 7) is 24.4. The van der Waals surface area contributed by atoms with Crippen molar-refractivity contribution in [1.29, 1.82) is 10.5 Å². The molecule has 0 saturated carbocycles. The molecule has 0 bridgehead atoms. The average Bonchev–Trinajstić information content (AvgIpc) is 2.80. The van der Waals surface area contributed by atoms with Crippen LogP contribution in [0.25, 0.3) is 22.5 Å². The second-order valence-electron chi connectivity index (χ2n) is 14.7. The van der Waals surface area contributed by atoms with Crippen molar-refractivity contribution < 1.29 is 10.2 Å². The van der Waals surface area contributed by atoms with Gasteiger partial charge in [0.2, 0.25) is 0 Å². The molecule has 210 valence electrons. The third-order valence-corrected chi connectivity index (χ3v) is 7.11. The highest BCUT2D eigenvalue weighted by Gasteiger charge is 2.31. The summed E-state index contributed by atoms with van der Waals surface area (Å²) >= 11 is 0. The number of nitrogens with zero attached hydrogens (tertiary/aromatic N) is 4. The van der Waals surface area contributed by atoms with E-state index in [1.165, 1.54) is 0 Å². The van der Waals surface area contributed by atoms with Crippen molar-refractivity contribution >= 4 is 0 Å². The summed E-state index contributed by atoms with van der Waals surface area (Å²) in [6, 6.07) is 11.7. The van der Waals surface area contributed by atoms with Gasteiger partial charge in [-0.3, -0.25) is 0 Å². The fraction of sp³-hybridized carbons (Fsp3) is 0.471. The van der Waals surface area contributed by atoms with Crippen LogP contribution in [0.5, 0.6) is 11.5 Å². The quantitative estimate of drug-likeness (QED) is 0.340. The van der Waals surface area contributed by atoms with E-state index in [-0.39, 0.29) is 44.5 Å². The Morgan fingerprint density at radius 3 is 0.900 bits per heavy atom. The largest absolute Gasteiger partial charge is 0.507 e. The van der Waals surface area contributed by atoms with Crippen LogP contribution in [-0.4, -0.2) is 20.2 Å². The van der Waals surface area contributed by atoms with Gasteiger partial charge in [0.15, 0.2) is 11.4 Å². The summed E-state index contributed by atoms with van der Waals surface area (Å²) in [5.74, 6) is 0.476. The van der Waals surface area contributed by atoms with Gasteiger partial charge in [-0.05, 0) is 45.9 Å². The van der Waals surface area contributed by atoms with Gasteiger partial charge < -0.3 is 10.2 Å². The maximum Gasteiger partial charge on any atom is 0.177 e. The van der Waals surface area contributed by atoms with Crippen molar-refractivity contribution in [3.63, 3.8) is 0 Å². The predicted octanol–water partition coefficient (Wildman–Crippen LogP) is 8.16. The third-order valence-electron chi connectivity index (χ3n) is 7.11. The molecule has 40 heavy (non-hydrogen) atoms. The monoisotopic (exact) mass is 538 g/mol. The molecule has 2 N–H and O–H groups in total. The van der Waals surface area contributed by atoms with Crippen LogP contribution in [0.1, 0.15) is 117 Å². The van der Waals surface area contributed by atoms with Crippen LogP contribution in [0.2, 0.25) is 0 Å². The van der Waals surface area contributed by atoms with E-state index in [0.717, 1.165) is 22.3 Å². The first-order valence-corrected chi connectivity index (χ1v) is 13.6. The maximum absolute atomic E-state index is 11.3. The van der Waals surface area contributed by atoms with E-state index in [1.54, 1.807) is 0 Å². The van der Waals surface area contributed by atoms with Gasteiger partial charge >= 0.3 is 0 Å². The van der Waals surface area contributed by atoms with E-state index in [1.807, 2.05) is 119 Å². The molecule has 0 aliphatic heterocycles. The molecule has 0 aliphatic carbocycles. The minimum atomic E-state index is -0.379. The topological polar surface area (TPSA) is 114 Å². The van der Waals surface area contributed by atoms with E-state index >= 15 is 0 Å². The van der Waals surface area contributed by atoms with Crippen LogP contribution in [0.3, 0.4) is 0 Å². The molecule has 0 spiro atoms. The van der Waals surface area contributed by atoms with Gasteiger partial charge in [-0.15, -0.1) is 0 Å². The van der Waals surface area contributed by atoms with Crippen LogP contribution >= 0.6 is 0 Å². The molecule has 1 aromatic heterocycles. The standard InChI is InChI=1S/C34H42N4O2/c1-31(2,3)21-13-19(14-22(29(21)39)32(4,5)6)27-28(38-26(18-36)25(17-35)37-27)20-15-23(33(7,8)9)30(40)24(16-20)34(10,11)12/h13-16,39-40H,1-12H3. The Bertz CT molecular complexity index is 1370. The van der Waals surface area contributed by atoms with Gasteiger partial charge in [0.05, 0.1) is 11.4 Å². The summed E-state index contributed by atoms with van der Waals surface area (Å²) in [4.78, 5) is 9.40. The number of rotatable bonds is 2. The van der Waals surface area contributed by atoms with Crippen LogP contribution < -0.4 is 0 Å². The Hall–Kier alpha value is -3.90. The molecule has 1 heterocycles. The molecular weight excluding hydrogens is 496 g/mol. The first-order chi connectivity index (χ1) is 18.1. The lowest BCUT2D eigenvalue weighted by Gasteiger charge is -2.29. The van der Waals surface area contributed by atoms with E-state index in [0.29, 0.717) is 22.5 Å². The number of aromatic hydroxyl groups is 2. The van der Waals surface area contributed by atoms with Crippen molar-refractivity contribution in [3.8, 4) is 46.2 Å². The van der Waals surface area contributed by atoms with E-state index in [9.17, 15) is 20.7 Å². The minimum Gasteiger partial charge on any atom is -0.507 e. The number of nitriles is 2. The lowest BCUT2D eigenvalue weighted by atomic mass is 9.77. The Morgan fingerprint density at radius 1 is 0.500 bits per heavy atom. The Balaban J connectivity index is 2.59. The molecular formula is C34H42N4O2. The zero-order valence-corrected chi connectivity index (χ0v) is 26.0. The van der Waals surface area contributed by atoms with Crippen LogP contribution in [0, 0.1) is 22.7 Å². The molecule has 2 aromatic carbocycles. The SMILES string of the molecule is CC(C)(C)c1cc(-c2nc(C#N)c(C#N)nc2-c2cc(C(C)(C)C)c(O)c(C(C)(C)C)c2)cc(C(C)(C)C)c1O. The number of aromatic nitrogens is 2. The summed E-state index contributed by atoms with van der Waals surface area (Å²) < 4.78 is 0. The first-order valence-electron chi connectivity index (χ1n) is 13.6. The summed E-state index contributed by atoms with van der Waals surface area (Å²) in [6.07, 6.45) is 0. The highest BCUT2D eigenvalue weighted by atomic mass is 16.3. The van der Waals surface area contributed by atoms with E-state index in [2.05, 4.69) is 0 Å². The van der Waals surface area contributed by atoms with E-state index in [4.69, 9.17) is 9.97 Å². The molecule has 3 aromatic rings. The van der Waals surface area contributed by atoms with Crippen molar-refractivity contribution in [2.75, 3.05) is 0 Å². The molecule has 0 unspecified atom stereocenters. The zero-order chi connectivity index (χ0) is 30.6. The zero-order valence-electron chi connectivity index (χ0n) is 26.0. The Kier molecular flexibility index (Phi) is 7.61. The number of phenols is 2. The summed E-state index contributed by atoms with van der Waals surface area (Å²) in [5, 5.41) is 42.4. The van der Waals surface area contributed by atoms with Crippen LogP contribution in [0.4, 0.5) is 0 Å². The number of hydrogen-bond donors (Lipinski definition) is 2. The second-order valence-corrected chi connectivity index (χ2v) is 14.7. The van der Waals surface area contributed by atoms with Crippen molar-refractivity contribution in [3.05, 3.63) is 57.9 Å². The summed E-state index contributed by atoms with van der Waals surface area (Å²) in [5.41, 5.74) is 3.64. The predicted molar refractivity (Wildman–Crippen MR) is 160 cm³/mol. The van der Waals surface area contributed by atoms with Crippen LogP contribution in [-0.2, 0) is 21.7 Å². The first kappa shape index (κ1) is 30.6. The molecule has 6 nitrogen and oxygen atoms in total. The second kappa shape index (κ2) is 9.93. The Labute approximate surface area is 239 Å². The molecule has 0 aliphatic rings. The number of hydrogen-bond acceptors (Lipinski definition) is 6.